The molecule has 1 aliphatic rings. The molecule has 2 heterocycles. The first-order chi connectivity index (χ1) is 8.52. The zero-order valence-corrected chi connectivity index (χ0v) is 10.7. The van der Waals surface area contributed by atoms with Gasteiger partial charge in [-0.15, -0.1) is 5.10 Å². The summed E-state index contributed by atoms with van der Waals surface area (Å²) in [4.78, 5) is 11.8. The van der Waals surface area contributed by atoms with Crippen LogP contribution in [0.3, 0.4) is 0 Å². The largest absolute Gasteiger partial charge is 0.388 e. The highest BCUT2D eigenvalue weighted by atomic mass is 16.3. The van der Waals surface area contributed by atoms with E-state index in [1.807, 2.05) is 6.92 Å². The minimum Gasteiger partial charge on any atom is -0.388 e. The molecule has 7 heteroatoms. The van der Waals surface area contributed by atoms with Crippen LogP contribution in [-0.4, -0.2) is 51.2 Å². The number of hydrogen-bond acceptors (Lipinski definition) is 5. The summed E-state index contributed by atoms with van der Waals surface area (Å²) in [5, 5.41) is 23.3. The van der Waals surface area contributed by atoms with Gasteiger partial charge in [-0.2, -0.15) is 0 Å². The first-order valence-electron chi connectivity index (χ1n) is 6.15. The molecule has 1 fully saturated rings. The van der Waals surface area contributed by atoms with E-state index in [4.69, 9.17) is 0 Å². The molecule has 2 rings (SSSR count). The van der Waals surface area contributed by atoms with E-state index in [2.05, 4.69) is 20.9 Å². The Balaban J connectivity index is 1.90. The molecule has 100 valence electrons. The molecule has 1 amide bonds. The molecule has 0 spiro atoms. The Labute approximate surface area is 106 Å². The molecule has 0 aliphatic carbocycles. The van der Waals surface area contributed by atoms with Gasteiger partial charge in [-0.3, -0.25) is 4.79 Å². The highest BCUT2D eigenvalue weighted by Crippen LogP contribution is 2.10. The van der Waals surface area contributed by atoms with Gasteiger partial charge in [0.15, 0.2) is 5.69 Å². The fraction of sp³-hybridized carbons (Fsp3) is 0.727. The molecule has 1 aliphatic heterocycles. The zero-order valence-electron chi connectivity index (χ0n) is 10.7. The van der Waals surface area contributed by atoms with Crippen LogP contribution in [0.15, 0.2) is 6.20 Å². The standard InChI is InChI=1S/C11H19N5O2/c1-3-11(2,18)7-13-10(17)9-6-16(15-14-9)8-4-12-5-8/h6,8,12,18H,3-5,7H2,1-2H3,(H,13,17). The van der Waals surface area contributed by atoms with E-state index < -0.39 is 5.60 Å². The maximum Gasteiger partial charge on any atom is 0.273 e. The molecule has 0 bridgehead atoms. The van der Waals surface area contributed by atoms with E-state index in [9.17, 15) is 9.90 Å². The normalized spacial score (nSPS) is 19.1. The number of amides is 1. The van der Waals surface area contributed by atoms with Crippen molar-refractivity contribution in [3.05, 3.63) is 11.9 Å². The Hall–Kier alpha value is -1.47. The zero-order chi connectivity index (χ0) is 13.2. The van der Waals surface area contributed by atoms with Gasteiger partial charge < -0.3 is 15.7 Å². The van der Waals surface area contributed by atoms with Crippen molar-refractivity contribution in [2.24, 2.45) is 0 Å². The first kappa shape index (κ1) is 13.0. The van der Waals surface area contributed by atoms with Crippen LogP contribution < -0.4 is 10.6 Å². The highest BCUT2D eigenvalue weighted by molar-refractivity contribution is 5.91. The predicted molar refractivity (Wildman–Crippen MR) is 65.2 cm³/mol. The van der Waals surface area contributed by atoms with Crippen LogP contribution >= 0.6 is 0 Å². The maximum atomic E-state index is 11.8. The lowest BCUT2D eigenvalue weighted by Crippen LogP contribution is -2.43. The van der Waals surface area contributed by atoms with Crippen LogP contribution in [0.2, 0.25) is 0 Å². The number of carbonyl (C=O) groups is 1. The van der Waals surface area contributed by atoms with E-state index in [1.54, 1.807) is 17.8 Å². The lowest BCUT2D eigenvalue weighted by Gasteiger charge is -2.26. The average Bonchev–Trinajstić information content (AvgIpc) is 2.73. The molecule has 1 saturated heterocycles. The summed E-state index contributed by atoms with van der Waals surface area (Å²) in [6, 6.07) is 0.290. The molecule has 0 radical (unpaired) electrons. The number of nitrogens with zero attached hydrogens (tertiary/aromatic N) is 3. The van der Waals surface area contributed by atoms with Crippen molar-refractivity contribution in [3.63, 3.8) is 0 Å². The fourth-order valence-corrected chi connectivity index (χ4v) is 1.51. The van der Waals surface area contributed by atoms with Gasteiger partial charge in [-0.05, 0) is 13.3 Å². The molecule has 0 aromatic carbocycles. The van der Waals surface area contributed by atoms with Gasteiger partial charge in [0.05, 0.1) is 17.8 Å². The molecule has 0 saturated carbocycles. The molecule has 18 heavy (non-hydrogen) atoms. The fourth-order valence-electron chi connectivity index (χ4n) is 1.51. The smallest absolute Gasteiger partial charge is 0.273 e. The Morgan fingerprint density at radius 2 is 2.44 bits per heavy atom. The number of aromatic nitrogens is 3. The van der Waals surface area contributed by atoms with Gasteiger partial charge in [0.25, 0.3) is 5.91 Å². The minimum atomic E-state index is -0.885. The maximum absolute atomic E-state index is 11.8. The van der Waals surface area contributed by atoms with Gasteiger partial charge in [-0.25, -0.2) is 4.68 Å². The molecular weight excluding hydrogens is 234 g/mol. The molecule has 1 atom stereocenters. The lowest BCUT2D eigenvalue weighted by atomic mass is 10.0. The van der Waals surface area contributed by atoms with E-state index in [0.717, 1.165) is 13.1 Å². The number of hydrogen-bond donors (Lipinski definition) is 3. The number of carbonyl (C=O) groups excluding carboxylic acids is 1. The van der Waals surface area contributed by atoms with Crippen molar-refractivity contribution in [1.82, 2.24) is 25.6 Å². The topological polar surface area (TPSA) is 92.1 Å². The van der Waals surface area contributed by atoms with Crippen LogP contribution in [-0.2, 0) is 0 Å². The Kier molecular flexibility index (Phi) is 3.63. The second-order valence-corrected chi connectivity index (χ2v) is 4.93. The summed E-state index contributed by atoms with van der Waals surface area (Å²) in [6.07, 6.45) is 2.22. The van der Waals surface area contributed by atoms with Gasteiger partial charge in [0.1, 0.15) is 0 Å². The summed E-state index contributed by atoms with van der Waals surface area (Å²) in [6.45, 7) is 5.47. The Morgan fingerprint density at radius 3 is 3.00 bits per heavy atom. The van der Waals surface area contributed by atoms with Crippen molar-refractivity contribution in [3.8, 4) is 0 Å². The number of aliphatic hydroxyl groups is 1. The van der Waals surface area contributed by atoms with Crippen LogP contribution in [0.1, 0.15) is 36.8 Å². The number of nitrogens with one attached hydrogen (secondary N) is 2. The summed E-state index contributed by atoms with van der Waals surface area (Å²) >= 11 is 0. The van der Waals surface area contributed by atoms with Crippen molar-refractivity contribution >= 4 is 5.91 Å². The lowest BCUT2D eigenvalue weighted by molar-refractivity contribution is 0.0517. The second-order valence-electron chi connectivity index (χ2n) is 4.93. The van der Waals surface area contributed by atoms with Gasteiger partial charge in [0.2, 0.25) is 0 Å². The molecule has 1 unspecified atom stereocenters. The van der Waals surface area contributed by atoms with Crippen LogP contribution in [0.25, 0.3) is 0 Å². The monoisotopic (exact) mass is 253 g/mol. The van der Waals surface area contributed by atoms with E-state index in [1.165, 1.54) is 0 Å². The van der Waals surface area contributed by atoms with E-state index in [0.29, 0.717) is 6.42 Å². The average molecular weight is 253 g/mol. The van der Waals surface area contributed by atoms with Crippen LogP contribution in [0, 0.1) is 0 Å². The quantitative estimate of drug-likeness (QED) is 0.646. The SMILES string of the molecule is CCC(C)(O)CNC(=O)c1cn(C2CNC2)nn1. The van der Waals surface area contributed by atoms with Gasteiger partial charge >= 0.3 is 0 Å². The third-order valence-electron chi connectivity index (χ3n) is 3.27. The van der Waals surface area contributed by atoms with Crippen molar-refractivity contribution < 1.29 is 9.90 Å². The minimum absolute atomic E-state index is 0.209. The first-order valence-corrected chi connectivity index (χ1v) is 6.15. The summed E-state index contributed by atoms with van der Waals surface area (Å²) in [7, 11) is 0. The predicted octanol–water partition coefficient (Wildman–Crippen LogP) is -0.687. The van der Waals surface area contributed by atoms with E-state index in [-0.39, 0.29) is 24.2 Å². The summed E-state index contributed by atoms with van der Waals surface area (Å²) in [5.41, 5.74) is -0.599. The molecule has 1 aromatic heterocycles. The van der Waals surface area contributed by atoms with Crippen molar-refractivity contribution in [2.75, 3.05) is 19.6 Å². The molecular formula is C11H19N5O2. The molecule has 3 N–H and O–H groups in total. The van der Waals surface area contributed by atoms with Gasteiger partial charge in [0, 0.05) is 19.6 Å². The Bertz CT molecular complexity index is 425. The Morgan fingerprint density at radius 1 is 1.72 bits per heavy atom. The van der Waals surface area contributed by atoms with Crippen LogP contribution in [0.5, 0.6) is 0 Å². The second kappa shape index (κ2) is 5.03. The highest BCUT2D eigenvalue weighted by Gasteiger charge is 2.23. The third-order valence-corrected chi connectivity index (χ3v) is 3.27. The summed E-state index contributed by atoms with van der Waals surface area (Å²) < 4.78 is 1.70. The third kappa shape index (κ3) is 2.85. The van der Waals surface area contributed by atoms with Crippen LogP contribution in [0.4, 0.5) is 0 Å². The number of rotatable bonds is 5. The van der Waals surface area contributed by atoms with Gasteiger partial charge in [-0.1, -0.05) is 12.1 Å². The van der Waals surface area contributed by atoms with Crippen molar-refractivity contribution in [1.29, 1.82) is 0 Å². The van der Waals surface area contributed by atoms with Crippen molar-refractivity contribution in [2.45, 2.75) is 31.9 Å². The molecule has 7 nitrogen and oxygen atoms in total. The molecule has 1 aromatic rings. The summed E-state index contributed by atoms with van der Waals surface area (Å²) in [5.74, 6) is -0.303. The van der Waals surface area contributed by atoms with E-state index >= 15 is 0 Å².